The first-order valence-electron chi connectivity index (χ1n) is 12.7. The minimum Gasteiger partial charge on any atom is -0.433 e. The molecule has 3 aromatic rings. The molecule has 2 aliphatic heterocycles. The number of nitrogens with zero attached hydrogens (tertiary/aromatic N) is 2. The number of carbonyl (C=O) groups excluding carboxylic acids is 2. The molecule has 3 aliphatic rings. The number of Topliss-reactive ketones (excluding diaryl/α,β-unsaturated/α-hetero) is 1. The van der Waals surface area contributed by atoms with Crippen molar-refractivity contribution in [2.24, 2.45) is 5.41 Å². The van der Waals surface area contributed by atoms with Gasteiger partial charge < -0.3 is 19.9 Å². The second-order valence-electron chi connectivity index (χ2n) is 11.1. The normalized spacial score (nSPS) is 21.9. The molecule has 0 unspecified atom stereocenters. The van der Waals surface area contributed by atoms with Gasteiger partial charge in [0.1, 0.15) is 0 Å². The lowest BCUT2D eigenvalue weighted by atomic mass is 9.73. The molecule has 0 spiro atoms. The van der Waals surface area contributed by atoms with E-state index in [-0.39, 0.29) is 17.2 Å². The summed E-state index contributed by atoms with van der Waals surface area (Å²) in [4.78, 5) is 31.1. The minimum atomic E-state index is -0.667. The number of allylic oxidation sites excluding steroid dienone is 1. The Morgan fingerprint density at radius 2 is 1.62 bits per heavy atom. The van der Waals surface area contributed by atoms with Gasteiger partial charge >= 0.3 is 5.97 Å². The van der Waals surface area contributed by atoms with Crippen molar-refractivity contribution in [2.45, 2.75) is 39.0 Å². The average Bonchev–Trinajstić information content (AvgIpc) is 3.11. The monoisotopic (exact) mass is 493 g/mol. The molecule has 0 amide bonds. The zero-order valence-electron chi connectivity index (χ0n) is 21.6. The van der Waals surface area contributed by atoms with Gasteiger partial charge in [-0.25, -0.2) is 4.79 Å². The molecule has 0 bridgehead atoms. The van der Waals surface area contributed by atoms with E-state index in [9.17, 15) is 9.59 Å². The standard InChI is InChI=1S/C31H31N3O3/c1-31(2)17-24-27(26(35)18-31)28(19-13-15-20(16-14-19)33(3)4)34(25-12-8-7-11-23(25)32-24)29-21-9-5-6-10-22(21)30(36)37-29/h5-16,28-29,32H,17-18H2,1-4H3/t28-,29+/m1/s1. The first-order chi connectivity index (χ1) is 17.7. The minimum absolute atomic E-state index is 0.121. The highest BCUT2D eigenvalue weighted by Crippen LogP contribution is 2.52. The van der Waals surface area contributed by atoms with Crippen LogP contribution >= 0.6 is 0 Å². The van der Waals surface area contributed by atoms with Crippen molar-refractivity contribution >= 4 is 28.8 Å². The van der Waals surface area contributed by atoms with Gasteiger partial charge in [0.15, 0.2) is 5.78 Å². The topological polar surface area (TPSA) is 61.9 Å². The number of benzene rings is 3. The Kier molecular flexibility index (Phi) is 5.37. The number of ketones is 1. The summed E-state index contributed by atoms with van der Waals surface area (Å²) in [5.41, 5.74) is 6.74. The molecular formula is C31H31N3O3. The number of fused-ring (bicyclic) bond motifs is 2. The summed E-state index contributed by atoms with van der Waals surface area (Å²) in [5, 5.41) is 3.63. The SMILES string of the molecule is CN(C)c1ccc([C@@H]2C3=C(CC(C)(C)CC3=O)Nc3ccccc3N2[C@H]2OC(=O)c3ccccc32)cc1. The van der Waals surface area contributed by atoms with E-state index in [4.69, 9.17) is 4.74 Å². The van der Waals surface area contributed by atoms with Gasteiger partial charge in [-0.05, 0) is 47.7 Å². The number of cyclic esters (lactones) is 1. The number of esters is 1. The van der Waals surface area contributed by atoms with Crippen molar-refractivity contribution in [2.75, 3.05) is 29.2 Å². The van der Waals surface area contributed by atoms with Crippen molar-refractivity contribution in [1.82, 2.24) is 0 Å². The predicted octanol–water partition coefficient (Wildman–Crippen LogP) is 6.24. The first kappa shape index (κ1) is 23.3. The van der Waals surface area contributed by atoms with E-state index in [1.54, 1.807) is 6.07 Å². The highest BCUT2D eigenvalue weighted by atomic mass is 16.6. The molecule has 6 rings (SSSR count). The molecular weight excluding hydrogens is 462 g/mol. The summed E-state index contributed by atoms with van der Waals surface area (Å²) in [5.74, 6) is -0.224. The molecule has 3 aromatic carbocycles. The largest absolute Gasteiger partial charge is 0.433 e. The Balaban J connectivity index is 1.62. The predicted molar refractivity (Wildman–Crippen MR) is 146 cm³/mol. The summed E-state index contributed by atoms with van der Waals surface area (Å²) in [6.07, 6.45) is 0.550. The van der Waals surface area contributed by atoms with Crippen molar-refractivity contribution in [3.05, 3.63) is 101 Å². The third-order valence-electron chi connectivity index (χ3n) is 7.58. The number of anilines is 3. The lowest BCUT2D eigenvalue weighted by Gasteiger charge is -2.40. The van der Waals surface area contributed by atoms with Gasteiger partial charge in [0.05, 0.1) is 23.0 Å². The number of ether oxygens (including phenoxy) is 1. The second-order valence-corrected chi connectivity index (χ2v) is 11.1. The van der Waals surface area contributed by atoms with Gasteiger partial charge in [-0.1, -0.05) is 56.3 Å². The van der Waals surface area contributed by atoms with Crippen molar-refractivity contribution in [3.8, 4) is 0 Å². The number of rotatable bonds is 3. The summed E-state index contributed by atoms with van der Waals surface area (Å²) in [6.45, 7) is 4.28. The number of nitrogens with one attached hydrogen (secondary N) is 1. The van der Waals surface area contributed by atoms with E-state index < -0.39 is 12.3 Å². The molecule has 0 fully saturated rings. The number of para-hydroxylation sites is 2. The second kappa shape index (κ2) is 8.51. The smallest absolute Gasteiger partial charge is 0.340 e. The Morgan fingerprint density at radius 1 is 0.919 bits per heavy atom. The zero-order chi connectivity index (χ0) is 25.9. The Labute approximate surface area is 217 Å². The van der Waals surface area contributed by atoms with Crippen LogP contribution in [0.25, 0.3) is 0 Å². The van der Waals surface area contributed by atoms with Crippen LogP contribution in [-0.2, 0) is 9.53 Å². The molecule has 37 heavy (non-hydrogen) atoms. The van der Waals surface area contributed by atoms with Crippen molar-refractivity contribution in [1.29, 1.82) is 0 Å². The van der Waals surface area contributed by atoms with Crippen LogP contribution in [0.1, 0.15) is 60.4 Å². The molecule has 188 valence electrons. The van der Waals surface area contributed by atoms with Crippen molar-refractivity contribution < 1.29 is 14.3 Å². The highest BCUT2D eigenvalue weighted by Gasteiger charge is 2.46. The van der Waals surface area contributed by atoms with Crippen LogP contribution in [-0.4, -0.2) is 25.8 Å². The van der Waals surface area contributed by atoms with Gasteiger partial charge in [0.2, 0.25) is 6.23 Å². The Morgan fingerprint density at radius 3 is 2.38 bits per heavy atom. The van der Waals surface area contributed by atoms with E-state index in [2.05, 4.69) is 53.2 Å². The Bertz CT molecular complexity index is 1440. The van der Waals surface area contributed by atoms with Gasteiger partial charge in [-0.3, -0.25) is 4.79 Å². The summed E-state index contributed by atoms with van der Waals surface area (Å²) in [6, 6.07) is 23.4. The van der Waals surface area contributed by atoms with Gasteiger partial charge in [-0.2, -0.15) is 0 Å². The molecule has 2 heterocycles. The molecule has 1 aliphatic carbocycles. The molecule has 2 atom stereocenters. The molecule has 0 radical (unpaired) electrons. The lowest BCUT2D eigenvalue weighted by molar-refractivity contribution is -0.118. The van der Waals surface area contributed by atoms with Crippen molar-refractivity contribution in [3.63, 3.8) is 0 Å². The van der Waals surface area contributed by atoms with E-state index >= 15 is 0 Å². The number of hydrogen-bond donors (Lipinski definition) is 1. The third-order valence-corrected chi connectivity index (χ3v) is 7.58. The van der Waals surface area contributed by atoms with Crippen LogP contribution < -0.4 is 15.1 Å². The number of carbonyl (C=O) groups is 2. The molecule has 0 aromatic heterocycles. The Hall–Kier alpha value is -4.06. The van der Waals surface area contributed by atoms with Gasteiger partial charge in [0, 0.05) is 43.0 Å². The maximum atomic E-state index is 13.9. The van der Waals surface area contributed by atoms with Crippen LogP contribution in [0.15, 0.2) is 84.1 Å². The molecule has 6 nitrogen and oxygen atoms in total. The summed E-state index contributed by atoms with van der Waals surface area (Å²) < 4.78 is 6.07. The quantitative estimate of drug-likeness (QED) is 0.436. The fourth-order valence-electron chi connectivity index (χ4n) is 5.89. The maximum Gasteiger partial charge on any atom is 0.340 e. The van der Waals surface area contributed by atoms with Gasteiger partial charge in [0.25, 0.3) is 0 Å². The third kappa shape index (κ3) is 3.88. The average molecular weight is 494 g/mol. The fourth-order valence-corrected chi connectivity index (χ4v) is 5.89. The molecule has 6 heteroatoms. The maximum absolute atomic E-state index is 13.9. The lowest BCUT2D eigenvalue weighted by Crippen LogP contribution is -2.38. The molecule has 0 saturated carbocycles. The van der Waals surface area contributed by atoms with Gasteiger partial charge in [-0.15, -0.1) is 0 Å². The fraction of sp³-hybridized carbons (Fsp3) is 0.290. The summed E-state index contributed by atoms with van der Waals surface area (Å²) in [7, 11) is 4.02. The van der Waals surface area contributed by atoms with Crippen LogP contribution in [0.3, 0.4) is 0 Å². The zero-order valence-corrected chi connectivity index (χ0v) is 21.6. The van der Waals surface area contributed by atoms with E-state index in [0.717, 1.165) is 45.9 Å². The van der Waals surface area contributed by atoms with E-state index in [1.165, 1.54) is 0 Å². The van der Waals surface area contributed by atoms with E-state index in [0.29, 0.717) is 12.0 Å². The highest BCUT2D eigenvalue weighted by molar-refractivity contribution is 6.02. The first-order valence-corrected chi connectivity index (χ1v) is 12.7. The van der Waals surface area contributed by atoms with Crippen LogP contribution in [0, 0.1) is 5.41 Å². The molecule has 1 N–H and O–H groups in total. The van der Waals surface area contributed by atoms with Crippen LogP contribution in [0.5, 0.6) is 0 Å². The van der Waals surface area contributed by atoms with Crippen LogP contribution in [0.2, 0.25) is 0 Å². The van der Waals surface area contributed by atoms with E-state index in [1.807, 2.05) is 56.6 Å². The summed E-state index contributed by atoms with van der Waals surface area (Å²) >= 11 is 0. The molecule has 0 saturated heterocycles. The number of hydrogen-bond acceptors (Lipinski definition) is 6. The van der Waals surface area contributed by atoms with Crippen LogP contribution in [0.4, 0.5) is 17.1 Å².